The maximum atomic E-state index is 6.10. The zero-order chi connectivity index (χ0) is 11.0. The molecule has 1 aromatic rings. The Balaban J connectivity index is 2.31. The lowest BCUT2D eigenvalue weighted by atomic mass is 10.0. The Hall–Kier alpha value is -0.870. The van der Waals surface area contributed by atoms with Crippen molar-refractivity contribution in [3.63, 3.8) is 0 Å². The fourth-order valence-corrected chi connectivity index (χ4v) is 2.06. The molecular weight excluding hydrogens is 190 g/mol. The number of nitrogens with zero attached hydrogens (tertiary/aromatic N) is 2. The van der Waals surface area contributed by atoms with Gasteiger partial charge in [0.2, 0.25) is 0 Å². The summed E-state index contributed by atoms with van der Waals surface area (Å²) in [6.45, 7) is 7.69. The highest BCUT2D eigenvalue weighted by molar-refractivity contribution is 5.23. The van der Waals surface area contributed by atoms with Gasteiger partial charge in [0.15, 0.2) is 0 Å². The first-order valence-corrected chi connectivity index (χ1v) is 5.47. The molecule has 0 aromatic carbocycles. The Morgan fingerprint density at radius 1 is 1.40 bits per heavy atom. The lowest BCUT2D eigenvalue weighted by molar-refractivity contribution is 0.0416. The van der Waals surface area contributed by atoms with Crippen molar-refractivity contribution < 1.29 is 4.74 Å². The molecule has 2 atom stereocenters. The highest BCUT2D eigenvalue weighted by Gasteiger charge is 2.26. The summed E-state index contributed by atoms with van der Waals surface area (Å²) in [4.78, 5) is 0. The van der Waals surface area contributed by atoms with Crippen LogP contribution in [0.5, 0.6) is 0 Å². The standard InChI is InChI=1S/C11H19N3O/c1-7-8(2)13-14(9(7)3)11-6-15-5-4-10(11)12/h10-11H,4-6,12H2,1-3H3. The molecule has 0 spiro atoms. The van der Waals surface area contributed by atoms with Gasteiger partial charge >= 0.3 is 0 Å². The Bertz CT molecular complexity index is 359. The zero-order valence-electron chi connectivity index (χ0n) is 9.66. The van der Waals surface area contributed by atoms with Crippen LogP contribution in [0.2, 0.25) is 0 Å². The molecule has 0 saturated carbocycles. The van der Waals surface area contributed by atoms with Crippen LogP contribution in [0.1, 0.15) is 29.4 Å². The van der Waals surface area contributed by atoms with Gasteiger partial charge in [0.05, 0.1) is 18.3 Å². The Labute approximate surface area is 90.4 Å². The van der Waals surface area contributed by atoms with Crippen LogP contribution in [-0.2, 0) is 4.74 Å². The van der Waals surface area contributed by atoms with Crippen molar-refractivity contribution in [2.45, 2.75) is 39.3 Å². The fourth-order valence-electron chi connectivity index (χ4n) is 2.06. The average Bonchev–Trinajstić information content (AvgIpc) is 2.47. The van der Waals surface area contributed by atoms with Crippen molar-refractivity contribution in [3.05, 3.63) is 17.0 Å². The molecule has 84 valence electrons. The van der Waals surface area contributed by atoms with Gasteiger partial charge in [-0.1, -0.05) is 0 Å². The molecule has 0 amide bonds. The molecule has 1 aliphatic rings. The van der Waals surface area contributed by atoms with E-state index in [0.717, 1.165) is 18.7 Å². The van der Waals surface area contributed by atoms with Crippen LogP contribution in [-0.4, -0.2) is 29.0 Å². The van der Waals surface area contributed by atoms with Crippen molar-refractivity contribution in [1.29, 1.82) is 0 Å². The summed E-state index contributed by atoms with van der Waals surface area (Å²) in [6, 6.07) is 0.363. The topological polar surface area (TPSA) is 53.1 Å². The molecule has 0 radical (unpaired) electrons. The van der Waals surface area contributed by atoms with E-state index in [-0.39, 0.29) is 12.1 Å². The van der Waals surface area contributed by atoms with Gasteiger partial charge in [-0.05, 0) is 32.8 Å². The highest BCUT2D eigenvalue weighted by atomic mass is 16.5. The van der Waals surface area contributed by atoms with Crippen molar-refractivity contribution in [3.8, 4) is 0 Å². The third-order valence-corrected chi connectivity index (χ3v) is 3.38. The molecular formula is C11H19N3O. The van der Waals surface area contributed by atoms with E-state index in [4.69, 9.17) is 10.5 Å². The van der Waals surface area contributed by atoms with E-state index in [1.807, 2.05) is 11.6 Å². The molecule has 0 aliphatic carbocycles. The molecule has 2 heterocycles. The zero-order valence-corrected chi connectivity index (χ0v) is 9.66. The summed E-state index contributed by atoms with van der Waals surface area (Å²) >= 11 is 0. The maximum Gasteiger partial charge on any atom is 0.0907 e. The van der Waals surface area contributed by atoms with E-state index in [0.29, 0.717) is 6.61 Å². The fraction of sp³-hybridized carbons (Fsp3) is 0.727. The minimum absolute atomic E-state index is 0.163. The SMILES string of the molecule is Cc1nn(C2COCCC2N)c(C)c1C. The largest absolute Gasteiger partial charge is 0.379 e. The summed E-state index contributed by atoms with van der Waals surface area (Å²) in [7, 11) is 0. The van der Waals surface area contributed by atoms with E-state index >= 15 is 0 Å². The molecule has 1 aromatic heterocycles. The van der Waals surface area contributed by atoms with Crippen LogP contribution in [0, 0.1) is 20.8 Å². The van der Waals surface area contributed by atoms with Crippen LogP contribution in [0.25, 0.3) is 0 Å². The number of hydrogen-bond acceptors (Lipinski definition) is 3. The number of aryl methyl sites for hydroxylation is 1. The Morgan fingerprint density at radius 2 is 2.13 bits per heavy atom. The van der Waals surface area contributed by atoms with Gasteiger partial charge in [0.1, 0.15) is 0 Å². The molecule has 2 unspecified atom stereocenters. The second kappa shape index (κ2) is 3.94. The molecule has 1 fully saturated rings. The summed E-state index contributed by atoms with van der Waals surface area (Å²) in [6.07, 6.45) is 0.919. The van der Waals surface area contributed by atoms with E-state index in [1.54, 1.807) is 0 Å². The highest BCUT2D eigenvalue weighted by Crippen LogP contribution is 2.22. The number of aromatic nitrogens is 2. The smallest absolute Gasteiger partial charge is 0.0907 e. The van der Waals surface area contributed by atoms with Crippen molar-refractivity contribution in [1.82, 2.24) is 9.78 Å². The first-order valence-electron chi connectivity index (χ1n) is 5.47. The molecule has 1 saturated heterocycles. The number of nitrogens with two attached hydrogens (primary N) is 1. The minimum Gasteiger partial charge on any atom is -0.379 e. The van der Waals surface area contributed by atoms with Crippen molar-refractivity contribution >= 4 is 0 Å². The molecule has 4 nitrogen and oxygen atoms in total. The second-order valence-corrected chi connectivity index (χ2v) is 4.34. The normalized spacial score (nSPS) is 26.9. The van der Waals surface area contributed by atoms with Gasteiger partial charge < -0.3 is 10.5 Å². The predicted octanol–water partition coefficient (Wildman–Crippen LogP) is 1.10. The summed E-state index contributed by atoms with van der Waals surface area (Å²) in [5.74, 6) is 0. The van der Waals surface area contributed by atoms with Crippen molar-refractivity contribution in [2.75, 3.05) is 13.2 Å². The van der Waals surface area contributed by atoms with Crippen LogP contribution >= 0.6 is 0 Å². The average molecular weight is 209 g/mol. The van der Waals surface area contributed by atoms with Crippen molar-refractivity contribution in [2.24, 2.45) is 5.73 Å². The maximum absolute atomic E-state index is 6.10. The van der Waals surface area contributed by atoms with Gasteiger partial charge in [0, 0.05) is 18.3 Å². The van der Waals surface area contributed by atoms with Gasteiger partial charge in [-0.25, -0.2) is 0 Å². The van der Waals surface area contributed by atoms with E-state index in [9.17, 15) is 0 Å². The lowest BCUT2D eigenvalue weighted by Crippen LogP contribution is -2.41. The van der Waals surface area contributed by atoms with Gasteiger partial charge in [-0.15, -0.1) is 0 Å². The third-order valence-electron chi connectivity index (χ3n) is 3.38. The van der Waals surface area contributed by atoms with Gasteiger partial charge in [-0.2, -0.15) is 5.10 Å². The Kier molecular flexibility index (Phi) is 2.80. The van der Waals surface area contributed by atoms with Crippen LogP contribution < -0.4 is 5.73 Å². The summed E-state index contributed by atoms with van der Waals surface area (Å²) in [5.41, 5.74) is 9.65. The van der Waals surface area contributed by atoms with E-state index in [2.05, 4.69) is 18.9 Å². The molecule has 1 aliphatic heterocycles. The quantitative estimate of drug-likeness (QED) is 0.753. The molecule has 15 heavy (non-hydrogen) atoms. The third kappa shape index (κ3) is 1.79. The minimum atomic E-state index is 0.163. The summed E-state index contributed by atoms with van der Waals surface area (Å²) in [5, 5.41) is 4.54. The van der Waals surface area contributed by atoms with Gasteiger partial charge in [0.25, 0.3) is 0 Å². The lowest BCUT2D eigenvalue weighted by Gasteiger charge is -2.29. The van der Waals surface area contributed by atoms with Gasteiger partial charge in [-0.3, -0.25) is 4.68 Å². The molecule has 4 heteroatoms. The summed E-state index contributed by atoms with van der Waals surface area (Å²) < 4.78 is 7.51. The Morgan fingerprint density at radius 3 is 2.67 bits per heavy atom. The first kappa shape index (κ1) is 10.6. The number of rotatable bonds is 1. The molecule has 0 bridgehead atoms. The second-order valence-electron chi connectivity index (χ2n) is 4.34. The van der Waals surface area contributed by atoms with E-state index in [1.165, 1.54) is 11.3 Å². The predicted molar refractivity (Wildman–Crippen MR) is 58.9 cm³/mol. The number of hydrogen-bond donors (Lipinski definition) is 1. The van der Waals surface area contributed by atoms with Crippen LogP contribution in [0.3, 0.4) is 0 Å². The monoisotopic (exact) mass is 209 g/mol. The van der Waals surface area contributed by atoms with Crippen LogP contribution in [0.15, 0.2) is 0 Å². The molecule has 2 rings (SSSR count). The first-order chi connectivity index (χ1) is 7.11. The molecule has 2 N–H and O–H groups in total. The van der Waals surface area contributed by atoms with Crippen LogP contribution in [0.4, 0.5) is 0 Å². The van der Waals surface area contributed by atoms with E-state index < -0.39 is 0 Å². The number of ether oxygens (including phenoxy) is 1.